The maximum Gasteiger partial charge on any atom is 0.282 e. The Morgan fingerprint density at radius 3 is 2.83 bits per heavy atom. The quantitative estimate of drug-likeness (QED) is 0.777. The first-order chi connectivity index (χ1) is 8.50. The van der Waals surface area contributed by atoms with Gasteiger partial charge >= 0.3 is 0 Å². The van der Waals surface area contributed by atoms with Gasteiger partial charge in [-0.1, -0.05) is 23.7 Å². The van der Waals surface area contributed by atoms with Crippen molar-refractivity contribution >= 4 is 43.5 Å². The zero-order chi connectivity index (χ0) is 13.3. The molecule has 7 heteroatoms. The van der Waals surface area contributed by atoms with Crippen LogP contribution in [-0.2, 0) is 6.54 Å². The van der Waals surface area contributed by atoms with Crippen molar-refractivity contribution in [2.45, 2.75) is 6.54 Å². The van der Waals surface area contributed by atoms with E-state index in [-0.39, 0.29) is 17.1 Å². The number of rotatable bonds is 2. The highest BCUT2D eigenvalue weighted by Crippen LogP contribution is 2.19. The number of hydrogen-bond donors (Lipinski definition) is 0. The second kappa shape index (κ2) is 5.50. The van der Waals surface area contributed by atoms with Gasteiger partial charge < -0.3 is 0 Å². The first-order valence-electron chi connectivity index (χ1n) is 4.84. The Morgan fingerprint density at radius 2 is 2.11 bits per heavy atom. The highest BCUT2D eigenvalue weighted by Gasteiger charge is 2.11. The molecule has 0 aliphatic rings. The molecule has 0 fully saturated rings. The van der Waals surface area contributed by atoms with Crippen molar-refractivity contribution in [3.63, 3.8) is 0 Å². The van der Waals surface area contributed by atoms with Crippen molar-refractivity contribution in [2.24, 2.45) is 0 Å². The number of benzene rings is 1. The Morgan fingerprint density at radius 1 is 1.39 bits per heavy atom. The molecule has 2 aromatic rings. The molecule has 18 heavy (non-hydrogen) atoms. The molecule has 2 rings (SSSR count). The minimum atomic E-state index is -0.535. The van der Waals surface area contributed by atoms with Crippen molar-refractivity contribution in [1.82, 2.24) is 9.78 Å². The number of nitrogens with zero attached hydrogens (tertiary/aromatic N) is 2. The minimum Gasteiger partial charge on any atom is -0.266 e. The lowest BCUT2D eigenvalue weighted by Gasteiger charge is -2.07. The fourth-order valence-electron chi connectivity index (χ4n) is 1.39. The van der Waals surface area contributed by atoms with Gasteiger partial charge in [0.2, 0.25) is 0 Å². The molecule has 0 N–H and O–H groups in total. The molecule has 94 valence electrons. The van der Waals surface area contributed by atoms with Crippen LogP contribution in [0.1, 0.15) is 5.56 Å². The van der Waals surface area contributed by atoms with Gasteiger partial charge in [-0.25, -0.2) is 9.07 Å². The largest absolute Gasteiger partial charge is 0.282 e. The van der Waals surface area contributed by atoms with E-state index in [0.29, 0.717) is 14.5 Å². The zero-order valence-corrected chi connectivity index (χ0v) is 12.8. The third-order valence-corrected chi connectivity index (χ3v) is 4.49. The highest BCUT2D eigenvalue weighted by atomic mass is 79.9. The summed E-state index contributed by atoms with van der Waals surface area (Å²) in [5, 5.41) is 3.95. The Bertz CT molecular complexity index is 660. The first kappa shape index (κ1) is 13.7. The number of hydrogen-bond acceptors (Lipinski definition) is 2. The van der Waals surface area contributed by atoms with Gasteiger partial charge in [-0.3, -0.25) is 4.79 Å². The second-order valence-electron chi connectivity index (χ2n) is 3.48. The van der Waals surface area contributed by atoms with Crippen molar-refractivity contribution < 1.29 is 4.39 Å². The van der Waals surface area contributed by atoms with Crippen LogP contribution in [0, 0.1) is 5.82 Å². The van der Waals surface area contributed by atoms with Crippen LogP contribution < -0.4 is 5.56 Å². The lowest BCUT2D eigenvalue weighted by atomic mass is 10.2. The molecule has 1 heterocycles. The van der Waals surface area contributed by atoms with E-state index in [0.717, 1.165) is 4.68 Å². The predicted molar refractivity (Wildman–Crippen MR) is 74.4 cm³/mol. The normalized spacial score (nSPS) is 10.7. The molecule has 3 nitrogen and oxygen atoms in total. The third-order valence-electron chi connectivity index (χ3n) is 2.29. The Hall–Kier alpha value is -0.720. The van der Waals surface area contributed by atoms with E-state index in [9.17, 15) is 9.18 Å². The monoisotopic (exact) mass is 394 g/mol. The lowest BCUT2D eigenvalue weighted by Crippen LogP contribution is -2.24. The van der Waals surface area contributed by atoms with Gasteiger partial charge in [0, 0.05) is 5.56 Å². The van der Waals surface area contributed by atoms with Crippen molar-refractivity contribution in [2.75, 3.05) is 0 Å². The summed E-state index contributed by atoms with van der Waals surface area (Å²) in [7, 11) is 0. The SMILES string of the molecule is O=c1c(Br)c(Br)cnn1Cc1cccc(Cl)c1F. The summed E-state index contributed by atoms with van der Waals surface area (Å²) in [6.07, 6.45) is 1.47. The number of halogens is 4. The maximum atomic E-state index is 13.7. The van der Waals surface area contributed by atoms with E-state index in [1.165, 1.54) is 12.3 Å². The highest BCUT2D eigenvalue weighted by molar-refractivity contribution is 9.13. The molecular weight excluding hydrogens is 390 g/mol. The van der Waals surface area contributed by atoms with Gasteiger partial charge in [0.15, 0.2) is 0 Å². The van der Waals surface area contributed by atoms with E-state index < -0.39 is 5.82 Å². The maximum absolute atomic E-state index is 13.7. The molecule has 1 aromatic heterocycles. The molecule has 0 radical (unpaired) electrons. The molecule has 0 unspecified atom stereocenters. The van der Waals surface area contributed by atoms with Gasteiger partial charge in [0.1, 0.15) is 10.3 Å². The molecule has 0 saturated carbocycles. The van der Waals surface area contributed by atoms with E-state index in [4.69, 9.17) is 11.6 Å². The van der Waals surface area contributed by atoms with E-state index in [2.05, 4.69) is 37.0 Å². The molecule has 0 aliphatic carbocycles. The van der Waals surface area contributed by atoms with Crippen LogP contribution in [0.25, 0.3) is 0 Å². The summed E-state index contributed by atoms with van der Waals surface area (Å²) in [5.41, 5.74) is -0.0323. The fraction of sp³-hybridized carbons (Fsp3) is 0.0909. The topological polar surface area (TPSA) is 34.9 Å². The molecule has 0 spiro atoms. The van der Waals surface area contributed by atoms with Gasteiger partial charge in [-0.05, 0) is 37.9 Å². The van der Waals surface area contributed by atoms with E-state index in [1.807, 2.05) is 0 Å². The molecule has 0 aliphatic heterocycles. The van der Waals surface area contributed by atoms with Crippen molar-refractivity contribution in [3.05, 3.63) is 60.1 Å². The molecular formula is C11H6Br2ClFN2O. The summed E-state index contributed by atoms with van der Waals surface area (Å²) in [6.45, 7) is 0.0249. The zero-order valence-electron chi connectivity index (χ0n) is 8.83. The van der Waals surface area contributed by atoms with Gasteiger partial charge in [0.05, 0.1) is 22.2 Å². The van der Waals surface area contributed by atoms with Crippen LogP contribution in [-0.4, -0.2) is 9.78 Å². The predicted octanol–water partition coefficient (Wildman–Crippen LogP) is 3.61. The van der Waals surface area contributed by atoms with E-state index >= 15 is 0 Å². The fourth-order valence-corrected chi connectivity index (χ4v) is 2.15. The molecule has 0 amide bonds. The lowest BCUT2D eigenvalue weighted by molar-refractivity contribution is 0.570. The molecule has 1 aromatic carbocycles. The molecule has 0 bridgehead atoms. The summed E-state index contributed by atoms with van der Waals surface area (Å²) in [4.78, 5) is 11.9. The van der Waals surface area contributed by atoms with Crippen LogP contribution in [0.4, 0.5) is 4.39 Å². The van der Waals surface area contributed by atoms with Gasteiger partial charge in [-0.15, -0.1) is 0 Å². The van der Waals surface area contributed by atoms with E-state index in [1.54, 1.807) is 12.1 Å². The van der Waals surface area contributed by atoms with Crippen LogP contribution in [0.3, 0.4) is 0 Å². The Balaban J connectivity index is 2.44. The standard InChI is InChI=1S/C11H6Br2ClFN2O/c12-7-4-16-17(11(18)9(7)13)5-6-2-1-3-8(14)10(6)15/h1-4H,5H2. The van der Waals surface area contributed by atoms with Gasteiger partial charge in [0.25, 0.3) is 5.56 Å². The summed E-state index contributed by atoms with van der Waals surface area (Å²) < 4.78 is 15.8. The smallest absolute Gasteiger partial charge is 0.266 e. The summed E-state index contributed by atoms with van der Waals surface area (Å²) in [5.74, 6) is -0.535. The van der Waals surface area contributed by atoms with Crippen LogP contribution >= 0.6 is 43.5 Å². The van der Waals surface area contributed by atoms with Crippen LogP contribution in [0.15, 0.2) is 38.1 Å². The average Bonchev–Trinajstić information content (AvgIpc) is 2.35. The third kappa shape index (κ3) is 2.65. The molecule has 0 atom stereocenters. The van der Waals surface area contributed by atoms with Crippen molar-refractivity contribution in [3.8, 4) is 0 Å². The van der Waals surface area contributed by atoms with Crippen LogP contribution in [0.2, 0.25) is 5.02 Å². The Kier molecular flexibility index (Phi) is 4.19. The van der Waals surface area contributed by atoms with Crippen molar-refractivity contribution in [1.29, 1.82) is 0 Å². The second-order valence-corrected chi connectivity index (χ2v) is 5.54. The van der Waals surface area contributed by atoms with Gasteiger partial charge in [-0.2, -0.15) is 5.10 Å². The molecule has 0 saturated heterocycles. The van der Waals surface area contributed by atoms with Crippen LogP contribution in [0.5, 0.6) is 0 Å². The summed E-state index contributed by atoms with van der Waals surface area (Å²) in [6, 6.07) is 4.64. The summed E-state index contributed by atoms with van der Waals surface area (Å²) >= 11 is 12.0. The average molecular weight is 396 g/mol. The number of aromatic nitrogens is 2. The minimum absolute atomic E-state index is 0.0247. The first-order valence-corrected chi connectivity index (χ1v) is 6.81. The Labute approximate surface area is 124 Å².